The molecule has 0 saturated carbocycles. The molecule has 0 amide bonds. The van der Waals surface area contributed by atoms with Gasteiger partial charge >= 0.3 is 0 Å². The number of para-hydroxylation sites is 1. The van der Waals surface area contributed by atoms with Crippen LogP contribution in [0, 0.1) is 0 Å². The lowest BCUT2D eigenvalue weighted by Gasteiger charge is -2.09. The van der Waals surface area contributed by atoms with E-state index in [-0.39, 0.29) is 0 Å². The summed E-state index contributed by atoms with van der Waals surface area (Å²) in [6.45, 7) is 4.42. The van der Waals surface area contributed by atoms with Crippen molar-refractivity contribution in [1.82, 2.24) is 0 Å². The van der Waals surface area contributed by atoms with Gasteiger partial charge in [0, 0.05) is 0 Å². The second-order valence-corrected chi connectivity index (χ2v) is 4.52. The highest BCUT2D eigenvalue weighted by atomic mass is 32.1. The molecule has 0 N–H and O–H groups in total. The van der Waals surface area contributed by atoms with Gasteiger partial charge in [-0.3, -0.25) is 0 Å². The molecular formula is C15H21NS. The topological polar surface area (TPSA) is 12.4 Å². The number of benzene rings is 1. The predicted molar refractivity (Wildman–Crippen MR) is 78.4 cm³/mol. The Bertz CT molecular complexity index is 366. The fourth-order valence-electron chi connectivity index (χ4n) is 1.97. The van der Waals surface area contributed by atoms with Crippen LogP contribution in [0.3, 0.4) is 0 Å². The maximum Gasteiger partial charge on any atom is 0.0803 e. The number of hydrogen-bond donors (Lipinski definition) is 0. The first kappa shape index (κ1) is 14.1. The van der Waals surface area contributed by atoms with Crippen molar-refractivity contribution < 1.29 is 0 Å². The Morgan fingerprint density at radius 1 is 1.06 bits per heavy atom. The van der Waals surface area contributed by atoms with Crippen molar-refractivity contribution in [3.8, 4) is 0 Å². The summed E-state index contributed by atoms with van der Waals surface area (Å²) in [6, 6.07) is 6.46. The van der Waals surface area contributed by atoms with Gasteiger partial charge in [0.1, 0.15) is 0 Å². The molecule has 0 aliphatic heterocycles. The van der Waals surface area contributed by atoms with E-state index in [1.165, 1.54) is 36.8 Å². The Balaban J connectivity index is 2.98. The normalized spacial score (nSPS) is 10.0. The van der Waals surface area contributed by atoms with Crippen LogP contribution in [0.5, 0.6) is 0 Å². The summed E-state index contributed by atoms with van der Waals surface area (Å²) in [5.74, 6) is 0. The number of unbranched alkanes of at least 4 members (excludes halogenated alkanes) is 2. The van der Waals surface area contributed by atoms with Crippen LogP contribution in [0.1, 0.15) is 50.7 Å². The fourth-order valence-corrected chi connectivity index (χ4v) is 2.06. The summed E-state index contributed by atoms with van der Waals surface area (Å²) in [7, 11) is 0. The van der Waals surface area contributed by atoms with E-state index >= 15 is 0 Å². The van der Waals surface area contributed by atoms with Gasteiger partial charge in [-0.05, 0) is 49.0 Å². The van der Waals surface area contributed by atoms with Crippen LogP contribution in [0.4, 0.5) is 5.69 Å². The minimum absolute atomic E-state index is 1.07. The highest BCUT2D eigenvalue weighted by Crippen LogP contribution is 2.27. The van der Waals surface area contributed by atoms with E-state index in [0.29, 0.717) is 0 Å². The summed E-state index contributed by atoms with van der Waals surface area (Å²) < 4.78 is 0. The number of rotatable bonds is 7. The van der Waals surface area contributed by atoms with Gasteiger partial charge in [-0.25, -0.2) is 0 Å². The Kier molecular flexibility index (Phi) is 6.76. The molecule has 0 aliphatic rings. The molecule has 0 fully saturated rings. The van der Waals surface area contributed by atoms with E-state index in [0.717, 1.165) is 18.5 Å². The molecule has 0 aliphatic carbocycles. The maximum absolute atomic E-state index is 4.76. The van der Waals surface area contributed by atoms with E-state index in [1.54, 1.807) is 0 Å². The number of isothiocyanates is 1. The van der Waals surface area contributed by atoms with Crippen LogP contribution in [-0.2, 0) is 12.8 Å². The summed E-state index contributed by atoms with van der Waals surface area (Å²) >= 11 is 4.76. The molecule has 17 heavy (non-hydrogen) atoms. The molecule has 0 saturated heterocycles. The van der Waals surface area contributed by atoms with E-state index in [9.17, 15) is 0 Å². The third kappa shape index (κ3) is 4.41. The third-order valence-electron chi connectivity index (χ3n) is 2.96. The lowest BCUT2D eigenvalue weighted by Crippen LogP contribution is -1.92. The monoisotopic (exact) mass is 247 g/mol. The van der Waals surface area contributed by atoms with Gasteiger partial charge in [0.25, 0.3) is 0 Å². The average Bonchev–Trinajstić information content (AvgIpc) is 2.36. The third-order valence-corrected chi connectivity index (χ3v) is 3.05. The summed E-state index contributed by atoms with van der Waals surface area (Å²) in [4.78, 5) is 4.28. The molecule has 0 aromatic heterocycles. The van der Waals surface area contributed by atoms with Crippen molar-refractivity contribution in [2.75, 3.05) is 0 Å². The molecule has 1 nitrogen and oxygen atoms in total. The van der Waals surface area contributed by atoms with Gasteiger partial charge in [0.15, 0.2) is 0 Å². The summed E-state index contributed by atoms with van der Waals surface area (Å²) in [5.41, 5.74) is 3.71. The SMILES string of the molecule is CCCCc1cccc(CCCC)c1N=C=S. The first-order chi connectivity index (χ1) is 8.33. The standard InChI is InChI=1S/C15H21NS/c1-3-5-8-13-10-7-11-14(9-6-4-2)15(13)16-12-17/h7,10-11H,3-6,8-9H2,1-2H3. The average molecular weight is 247 g/mol. The van der Waals surface area contributed by atoms with E-state index < -0.39 is 0 Å². The minimum atomic E-state index is 1.07. The molecule has 0 spiro atoms. The van der Waals surface area contributed by atoms with E-state index in [1.807, 2.05) is 0 Å². The molecule has 0 heterocycles. The summed E-state index contributed by atoms with van der Waals surface area (Å²) in [5, 5.41) is 2.53. The van der Waals surface area contributed by atoms with Gasteiger partial charge in [-0.1, -0.05) is 44.9 Å². The van der Waals surface area contributed by atoms with Crippen LogP contribution in [0.25, 0.3) is 0 Å². The molecule has 0 bridgehead atoms. The zero-order chi connectivity index (χ0) is 12.5. The first-order valence-corrected chi connectivity index (χ1v) is 6.92. The molecule has 2 heteroatoms. The van der Waals surface area contributed by atoms with Gasteiger partial charge in [-0.15, -0.1) is 0 Å². The molecule has 92 valence electrons. The number of aryl methyl sites for hydroxylation is 2. The Morgan fingerprint density at radius 2 is 1.59 bits per heavy atom. The van der Waals surface area contributed by atoms with Crippen molar-refractivity contribution in [2.24, 2.45) is 4.99 Å². The van der Waals surface area contributed by atoms with Crippen LogP contribution in [0.2, 0.25) is 0 Å². The smallest absolute Gasteiger partial charge is 0.0803 e. The Hall–Kier alpha value is -0.980. The summed E-state index contributed by atoms with van der Waals surface area (Å²) in [6.07, 6.45) is 7.01. The molecule has 1 aromatic carbocycles. The molecule has 0 atom stereocenters. The van der Waals surface area contributed by atoms with Gasteiger partial charge in [-0.2, -0.15) is 4.99 Å². The molecule has 1 rings (SSSR count). The second kappa shape index (κ2) is 8.16. The van der Waals surface area contributed by atoms with Crippen molar-refractivity contribution in [3.63, 3.8) is 0 Å². The van der Waals surface area contributed by atoms with Crippen LogP contribution < -0.4 is 0 Å². The number of nitrogens with zero attached hydrogens (tertiary/aromatic N) is 1. The number of thiocarbonyl (C=S) groups is 1. The first-order valence-electron chi connectivity index (χ1n) is 6.52. The Labute approximate surface area is 110 Å². The predicted octanol–water partition coefficient (Wildman–Crippen LogP) is 5.11. The van der Waals surface area contributed by atoms with Crippen molar-refractivity contribution in [1.29, 1.82) is 0 Å². The highest BCUT2D eigenvalue weighted by Gasteiger charge is 2.06. The zero-order valence-electron chi connectivity index (χ0n) is 10.8. The van der Waals surface area contributed by atoms with E-state index in [4.69, 9.17) is 12.2 Å². The zero-order valence-corrected chi connectivity index (χ0v) is 11.6. The molecule has 0 radical (unpaired) electrons. The van der Waals surface area contributed by atoms with Gasteiger partial charge in [0.2, 0.25) is 0 Å². The molecule has 1 aromatic rings. The van der Waals surface area contributed by atoms with Gasteiger partial charge in [0.05, 0.1) is 10.8 Å². The molecular weight excluding hydrogens is 226 g/mol. The lowest BCUT2D eigenvalue weighted by molar-refractivity contribution is 0.781. The number of hydrogen-bond acceptors (Lipinski definition) is 2. The van der Waals surface area contributed by atoms with Crippen molar-refractivity contribution in [2.45, 2.75) is 52.4 Å². The largest absolute Gasteiger partial charge is 0.194 e. The van der Waals surface area contributed by atoms with Crippen molar-refractivity contribution >= 4 is 23.1 Å². The minimum Gasteiger partial charge on any atom is -0.194 e. The molecule has 0 unspecified atom stereocenters. The number of aliphatic imine (C=N–C) groups is 1. The maximum atomic E-state index is 4.76. The van der Waals surface area contributed by atoms with Crippen molar-refractivity contribution in [3.05, 3.63) is 29.3 Å². The fraction of sp³-hybridized carbons (Fsp3) is 0.533. The quantitative estimate of drug-likeness (QED) is 0.482. The van der Waals surface area contributed by atoms with Crippen LogP contribution in [0.15, 0.2) is 23.2 Å². The van der Waals surface area contributed by atoms with E-state index in [2.05, 4.69) is 42.2 Å². The highest BCUT2D eigenvalue weighted by molar-refractivity contribution is 7.78. The second-order valence-electron chi connectivity index (χ2n) is 4.34. The Morgan fingerprint density at radius 3 is 2.00 bits per heavy atom. The lowest BCUT2D eigenvalue weighted by atomic mass is 9.99. The van der Waals surface area contributed by atoms with Crippen LogP contribution >= 0.6 is 12.2 Å². The van der Waals surface area contributed by atoms with Gasteiger partial charge < -0.3 is 0 Å². The van der Waals surface area contributed by atoms with Crippen LogP contribution in [-0.4, -0.2) is 5.16 Å².